The van der Waals surface area contributed by atoms with E-state index in [1.54, 1.807) is 43.3 Å². The first-order valence-corrected chi connectivity index (χ1v) is 8.88. The highest BCUT2D eigenvalue weighted by Gasteiger charge is 2.38. The Morgan fingerprint density at radius 3 is 2.67 bits per heavy atom. The van der Waals surface area contributed by atoms with Crippen molar-refractivity contribution in [3.8, 4) is 0 Å². The Hall–Kier alpha value is -2.68. The van der Waals surface area contributed by atoms with Crippen LogP contribution in [0.15, 0.2) is 58.2 Å². The van der Waals surface area contributed by atoms with Gasteiger partial charge >= 0.3 is 6.18 Å². The molecule has 2 heterocycles. The van der Waals surface area contributed by atoms with E-state index in [-0.39, 0.29) is 11.5 Å². The van der Waals surface area contributed by atoms with Crippen LogP contribution >= 0.6 is 11.8 Å². The molecule has 1 aromatic heterocycles. The van der Waals surface area contributed by atoms with Crippen molar-refractivity contribution in [3.63, 3.8) is 0 Å². The molecule has 3 rings (SSSR count). The zero-order valence-corrected chi connectivity index (χ0v) is 14.9. The molecule has 2 N–H and O–H groups in total. The number of nitrogens with one attached hydrogen (secondary N) is 2. The number of thioether (sulfide) groups is 1. The van der Waals surface area contributed by atoms with Gasteiger partial charge in [0.15, 0.2) is 11.3 Å². The lowest BCUT2D eigenvalue weighted by molar-refractivity contribution is -0.123. The second kappa shape index (κ2) is 7.51. The summed E-state index contributed by atoms with van der Waals surface area (Å²) in [7, 11) is 0. The van der Waals surface area contributed by atoms with E-state index in [1.807, 2.05) is 0 Å². The summed E-state index contributed by atoms with van der Waals surface area (Å²) in [5.41, 5.74) is -0.866. The Balaban J connectivity index is 1.66. The summed E-state index contributed by atoms with van der Waals surface area (Å²) in [6.07, 6.45) is -3.10. The molecule has 0 spiro atoms. The number of furan rings is 1. The summed E-state index contributed by atoms with van der Waals surface area (Å²) in [5, 5.41) is 5.66. The number of carbonyl (C=O) groups is 2. The van der Waals surface area contributed by atoms with Gasteiger partial charge in [0.25, 0.3) is 0 Å². The highest BCUT2D eigenvalue weighted by molar-refractivity contribution is 8.02. The summed E-state index contributed by atoms with van der Waals surface area (Å²) in [4.78, 5) is 24.7. The number of halogens is 3. The molecule has 142 valence electrons. The molecule has 27 heavy (non-hydrogen) atoms. The lowest BCUT2D eigenvalue weighted by Gasteiger charge is -2.19. The van der Waals surface area contributed by atoms with Crippen LogP contribution in [0.4, 0.5) is 13.2 Å². The molecule has 1 amide bonds. The van der Waals surface area contributed by atoms with Gasteiger partial charge in [0.2, 0.25) is 11.7 Å². The zero-order valence-electron chi connectivity index (χ0n) is 14.0. The van der Waals surface area contributed by atoms with E-state index < -0.39 is 29.2 Å². The van der Waals surface area contributed by atoms with E-state index in [9.17, 15) is 22.8 Å². The average molecular weight is 396 g/mol. The molecular formula is C18H15F3N2O3S. The van der Waals surface area contributed by atoms with E-state index in [0.29, 0.717) is 11.1 Å². The molecule has 1 aliphatic heterocycles. The van der Waals surface area contributed by atoms with E-state index in [2.05, 4.69) is 10.6 Å². The van der Waals surface area contributed by atoms with Crippen LogP contribution in [0.1, 0.15) is 34.5 Å². The van der Waals surface area contributed by atoms with Crippen LogP contribution in [0, 0.1) is 0 Å². The fourth-order valence-corrected chi connectivity index (χ4v) is 3.32. The molecule has 0 aliphatic carbocycles. The van der Waals surface area contributed by atoms with E-state index >= 15 is 0 Å². The van der Waals surface area contributed by atoms with Crippen molar-refractivity contribution in [1.82, 2.24) is 10.6 Å². The summed E-state index contributed by atoms with van der Waals surface area (Å²) in [6.45, 7) is 1.61. The maximum absolute atomic E-state index is 12.6. The number of alkyl halides is 3. The molecule has 0 saturated heterocycles. The minimum Gasteiger partial charge on any atom is -0.461 e. The summed E-state index contributed by atoms with van der Waals surface area (Å²) >= 11 is 0.833. The van der Waals surface area contributed by atoms with Crippen LogP contribution in [0.2, 0.25) is 0 Å². The molecule has 1 aromatic carbocycles. The van der Waals surface area contributed by atoms with Crippen LogP contribution in [0.5, 0.6) is 0 Å². The monoisotopic (exact) mass is 396 g/mol. The number of ketones is 1. The third-order valence-corrected chi connectivity index (χ3v) is 4.85. The second-order valence-electron chi connectivity index (χ2n) is 5.85. The predicted octanol–water partition coefficient (Wildman–Crippen LogP) is 3.75. The number of hydrogen-bond acceptors (Lipinski definition) is 5. The fourth-order valence-electron chi connectivity index (χ4n) is 2.47. The number of amides is 1. The van der Waals surface area contributed by atoms with E-state index in [4.69, 9.17) is 4.42 Å². The first kappa shape index (κ1) is 19.1. The van der Waals surface area contributed by atoms with Crippen LogP contribution in [-0.2, 0) is 4.79 Å². The van der Waals surface area contributed by atoms with Gasteiger partial charge in [-0.05, 0) is 30.7 Å². The number of hydrogen-bond donors (Lipinski definition) is 2. The molecule has 1 aliphatic rings. The molecular weight excluding hydrogens is 381 g/mol. The molecule has 5 nitrogen and oxygen atoms in total. The highest BCUT2D eigenvalue weighted by atomic mass is 32.2. The Labute approximate surface area is 157 Å². The van der Waals surface area contributed by atoms with Crippen LogP contribution < -0.4 is 10.6 Å². The van der Waals surface area contributed by atoms with Crippen molar-refractivity contribution in [2.24, 2.45) is 0 Å². The van der Waals surface area contributed by atoms with E-state index in [0.717, 1.165) is 17.2 Å². The molecule has 2 aromatic rings. The van der Waals surface area contributed by atoms with Crippen molar-refractivity contribution in [2.75, 3.05) is 0 Å². The van der Waals surface area contributed by atoms with Gasteiger partial charge in [-0.3, -0.25) is 9.59 Å². The fraction of sp³-hybridized carbons (Fsp3) is 0.222. The SMILES string of the molecule is C[C@@H](C(=O)NC1NC(C(F)(F)F)=CS1)c1cccc(C(=O)c2ccco2)c1. The van der Waals surface area contributed by atoms with Crippen LogP contribution in [0.3, 0.4) is 0 Å². The molecule has 1 unspecified atom stereocenters. The van der Waals surface area contributed by atoms with Gasteiger partial charge in [0.1, 0.15) is 5.70 Å². The Kier molecular flexibility index (Phi) is 5.31. The Morgan fingerprint density at radius 1 is 1.26 bits per heavy atom. The largest absolute Gasteiger partial charge is 0.461 e. The zero-order chi connectivity index (χ0) is 19.6. The van der Waals surface area contributed by atoms with Crippen molar-refractivity contribution in [3.05, 3.63) is 70.7 Å². The number of benzene rings is 1. The topological polar surface area (TPSA) is 71.3 Å². The maximum atomic E-state index is 12.6. The first-order valence-electron chi connectivity index (χ1n) is 7.93. The quantitative estimate of drug-likeness (QED) is 0.754. The lowest BCUT2D eigenvalue weighted by atomic mass is 9.96. The standard InChI is InChI=1S/C18H15F3N2O3S/c1-10(16(25)23-17-22-14(9-27-17)18(19,20)21)11-4-2-5-12(8-11)15(24)13-6-3-7-26-13/h2-10,17,22H,1H3,(H,23,25)/t10-,17?/m1/s1. The van der Waals surface area contributed by atoms with Crippen molar-refractivity contribution >= 4 is 23.5 Å². The molecule has 0 radical (unpaired) electrons. The molecule has 2 atom stereocenters. The minimum atomic E-state index is -4.49. The van der Waals surface area contributed by atoms with Gasteiger partial charge in [-0.2, -0.15) is 13.2 Å². The van der Waals surface area contributed by atoms with Gasteiger partial charge in [-0.15, -0.1) is 0 Å². The number of carbonyl (C=O) groups excluding carboxylic acids is 2. The van der Waals surface area contributed by atoms with Crippen molar-refractivity contribution in [1.29, 1.82) is 0 Å². The van der Waals surface area contributed by atoms with Crippen LogP contribution in [0.25, 0.3) is 0 Å². The van der Waals surface area contributed by atoms with Gasteiger partial charge in [-0.25, -0.2) is 0 Å². The molecule has 0 fully saturated rings. The van der Waals surface area contributed by atoms with Crippen molar-refractivity contribution < 1.29 is 27.2 Å². The summed E-state index contributed by atoms with van der Waals surface area (Å²) < 4.78 is 43.0. The third-order valence-electron chi connectivity index (χ3n) is 3.97. The van der Waals surface area contributed by atoms with E-state index in [1.165, 1.54) is 6.26 Å². The summed E-state index contributed by atoms with van der Waals surface area (Å²) in [5.74, 6) is -1.26. The Morgan fingerprint density at radius 2 is 2.04 bits per heavy atom. The minimum absolute atomic E-state index is 0.182. The van der Waals surface area contributed by atoms with Gasteiger partial charge in [-0.1, -0.05) is 30.0 Å². The molecule has 9 heteroatoms. The number of allylic oxidation sites excluding steroid dienone is 1. The normalized spacial score (nSPS) is 17.8. The smallest absolute Gasteiger partial charge is 0.431 e. The predicted molar refractivity (Wildman–Crippen MR) is 93.8 cm³/mol. The lowest BCUT2D eigenvalue weighted by Crippen LogP contribution is -2.43. The average Bonchev–Trinajstić information content (AvgIpc) is 3.32. The maximum Gasteiger partial charge on any atom is 0.431 e. The second-order valence-corrected chi connectivity index (χ2v) is 6.83. The first-order chi connectivity index (χ1) is 12.8. The molecule has 0 bridgehead atoms. The third kappa shape index (κ3) is 4.36. The molecule has 0 saturated carbocycles. The van der Waals surface area contributed by atoms with Crippen LogP contribution in [-0.4, -0.2) is 23.4 Å². The summed E-state index contributed by atoms with van der Waals surface area (Å²) in [6, 6.07) is 9.64. The number of rotatable bonds is 5. The Bertz CT molecular complexity index is 878. The highest BCUT2D eigenvalue weighted by Crippen LogP contribution is 2.32. The van der Waals surface area contributed by atoms with Gasteiger partial charge in [0.05, 0.1) is 12.2 Å². The van der Waals surface area contributed by atoms with Crippen molar-refractivity contribution in [2.45, 2.75) is 24.5 Å². The van der Waals surface area contributed by atoms with Gasteiger partial charge in [0, 0.05) is 11.0 Å². The van der Waals surface area contributed by atoms with Gasteiger partial charge < -0.3 is 15.1 Å².